The summed E-state index contributed by atoms with van der Waals surface area (Å²) < 4.78 is 0. The largest absolute Gasteiger partial charge is 0.326 e. The number of benzene rings is 1. The second-order valence-electron chi connectivity index (χ2n) is 5.37. The average Bonchev–Trinajstić information content (AvgIpc) is 3.11. The van der Waals surface area contributed by atoms with Crippen molar-refractivity contribution in [1.29, 1.82) is 0 Å². The second-order valence-corrected chi connectivity index (χ2v) is 5.37. The van der Waals surface area contributed by atoms with Gasteiger partial charge in [-0.1, -0.05) is 0 Å². The van der Waals surface area contributed by atoms with Gasteiger partial charge < -0.3 is 10.6 Å². The van der Waals surface area contributed by atoms with Gasteiger partial charge in [0.15, 0.2) is 5.82 Å². The third kappa shape index (κ3) is 4.05. The molecule has 6 nitrogen and oxygen atoms in total. The number of rotatable bonds is 4. The molecule has 1 amide bonds. The fraction of sp³-hybridized carbons (Fsp3) is 0.400. The summed E-state index contributed by atoms with van der Waals surface area (Å²) in [4.78, 5) is 16.2. The van der Waals surface area contributed by atoms with Gasteiger partial charge in [0.2, 0.25) is 5.91 Å². The maximum atomic E-state index is 11.9. The summed E-state index contributed by atoms with van der Waals surface area (Å²) in [5.41, 5.74) is 1.73. The van der Waals surface area contributed by atoms with Crippen molar-refractivity contribution >= 4 is 24.0 Å². The van der Waals surface area contributed by atoms with Crippen molar-refractivity contribution in [3.05, 3.63) is 30.1 Å². The highest BCUT2D eigenvalue weighted by atomic mass is 35.5. The van der Waals surface area contributed by atoms with Crippen molar-refractivity contribution in [1.82, 2.24) is 20.5 Å². The standard InChI is InChI=1S/C15H19N5O.ClH/c1-10-17-15(20-19-10)11-4-6-12(7-5-11)18-14(21)9-13-3-2-8-16-13;/h4-7,13,16H,2-3,8-9H2,1H3,(H,18,21)(H,17,19,20);1H. The molecule has 2 heterocycles. The van der Waals surface area contributed by atoms with Gasteiger partial charge in [0.1, 0.15) is 5.82 Å². The molecule has 1 fully saturated rings. The van der Waals surface area contributed by atoms with E-state index in [0.29, 0.717) is 18.3 Å². The van der Waals surface area contributed by atoms with Crippen LogP contribution >= 0.6 is 12.4 Å². The SMILES string of the molecule is Cc1nc(-c2ccc(NC(=O)CC3CCCN3)cc2)n[nH]1.Cl. The zero-order valence-corrected chi connectivity index (χ0v) is 13.2. The monoisotopic (exact) mass is 321 g/mol. The summed E-state index contributed by atoms with van der Waals surface area (Å²) in [6.45, 7) is 2.88. The molecule has 3 rings (SSSR count). The summed E-state index contributed by atoms with van der Waals surface area (Å²) in [5, 5.41) is 13.2. The zero-order valence-electron chi connectivity index (χ0n) is 12.4. The summed E-state index contributed by atoms with van der Waals surface area (Å²) in [7, 11) is 0. The van der Waals surface area contributed by atoms with Gasteiger partial charge in [0, 0.05) is 23.7 Å². The highest BCUT2D eigenvalue weighted by molar-refractivity contribution is 5.91. The molecule has 1 aliphatic rings. The molecule has 1 aromatic carbocycles. The fourth-order valence-electron chi connectivity index (χ4n) is 2.54. The predicted molar refractivity (Wildman–Crippen MR) is 88.1 cm³/mol. The van der Waals surface area contributed by atoms with Gasteiger partial charge >= 0.3 is 0 Å². The van der Waals surface area contributed by atoms with Crippen molar-refractivity contribution in [2.45, 2.75) is 32.2 Å². The first-order valence-corrected chi connectivity index (χ1v) is 7.23. The van der Waals surface area contributed by atoms with Gasteiger partial charge in [-0.05, 0) is 50.6 Å². The minimum atomic E-state index is 0. The molecular formula is C15H20ClN5O. The van der Waals surface area contributed by atoms with Crippen LogP contribution in [0.4, 0.5) is 5.69 Å². The number of anilines is 1. The Kier molecular flexibility index (Phi) is 5.51. The number of carbonyl (C=O) groups excluding carboxylic acids is 1. The zero-order chi connectivity index (χ0) is 14.7. The van der Waals surface area contributed by atoms with Gasteiger partial charge in [0.05, 0.1) is 0 Å². The van der Waals surface area contributed by atoms with Gasteiger partial charge in [-0.2, -0.15) is 5.10 Å². The molecule has 1 unspecified atom stereocenters. The van der Waals surface area contributed by atoms with E-state index in [1.807, 2.05) is 31.2 Å². The number of aromatic nitrogens is 3. The van der Waals surface area contributed by atoms with Crippen LogP contribution in [0.2, 0.25) is 0 Å². The number of H-pyrrole nitrogens is 1. The molecule has 22 heavy (non-hydrogen) atoms. The second kappa shape index (κ2) is 7.38. The van der Waals surface area contributed by atoms with Crippen LogP contribution in [0.15, 0.2) is 24.3 Å². The van der Waals surface area contributed by atoms with E-state index in [1.54, 1.807) is 0 Å². The van der Waals surface area contributed by atoms with Crippen LogP contribution in [-0.4, -0.2) is 33.7 Å². The molecule has 0 bridgehead atoms. The highest BCUT2D eigenvalue weighted by Crippen LogP contribution is 2.18. The van der Waals surface area contributed by atoms with Crippen LogP contribution in [0, 0.1) is 6.92 Å². The normalized spacial score (nSPS) is 17.0. The Morgan fingerprint density at radius 3 is 2.73 bits per heavy atom. The van der Waals surface area contributed by atoms with E-state index >= 15 is 0 Å². The maximum Gasteiger partial charge on any atom is 0.225 e. The van der Waals surface area contributed by atoms with Crippen molar-refractivity contribution < 1.29 is 4.79 Å². The Hall–Kier alpha value is -1.92. The lowest BCUT2D eigenvalue weighted by Crippen LogP contribution is -2.27. The first-order valence-electron chi connectivity index (χ1n) is 7.23. The number of hydrogen-bond donors (Lipinski definition) is 3. The number of amides is 1. The van der Waals surface area contributed by atoms with E-state index in [-0.39, 0.29) is 18.3 Å². The molecule has 0 spiro atoms. The van der Waals surface area contributed by atoms with Crippen LogP contribution in [0.3, 0.4) is 0 Å². The number of hydrogen-bond acceptors (Lipinski definition) is 4. The van der Waals surface area contributed by atoms with Gasteiger partial charge in [-0.15, -0.1) is 12.4 Å². The lowest BCUT2D eigenvalue weighted by atomic mass is 10.1. The molecular weight excluding hydrogens is 302 g/mol. The topological polar surface area (TPSA) is 82.7 Å². The summed E-state index contributed by atoms with van der Waals surface area (Å²) >= 11 is 0. The van der Waals surface area contributed by atoms with Crippen molar-refractivity contribution in [2.24, 2.45) is 0 Å². The van der Waals surface area contributed by atoms with Crippen LogP contribution in [-0.2, 0) is 4.79 Å². The average molecular weight is 322 g/mol. The number of carbonyl (C=O) groups is 1. The molecule has 1 saturated heterocycles. The Labute approximate surface area is 135 Å². The minimum Gasteiger partial charge on any atom is -0.326 e. The molecule has 3 N–H and O–H groups in total. The van der Waals surface area contributed by atoms with E-state index in [4.69, 9.17) is 0 Å². The van der Waals surface area contributed by atoms with E-state index in [0.717, 1.165) is 36.5 Å². The molecule has 0 saturated carbocycles. The van der Waals surface area contributed by atoms with E-state index < -0.39 is 0 Å². The third-order valence-corrected chi connectivity index (χ3v) is 3.62. The third-order valence-electron chi connectivity index (χ3n) is 3.62. The van der Waals surface area contributed by atoms with Gasteiger partial charge in [-0.3, -0.25) is 9.89 Å². The van der Waals surface area contributed by atoms with Crippen LogP contribution in [0.1, 0.15) is 25.1 Å². The van der Waals surface area contributed by atoms with Gasteiger partial charge in [-0.25, -0.2) is 4.98 Å². The van der Waals surface area contributed by atoms with E-state index in [2.05, 4.69) is 25.8 Å². The lowest BCUT2D eigenvalue weighted by molar-refractivity contribution is -0.116. The maximum absolute atomic E-state index is 11.9. The molecule has 0 radical (unpaired) electrons. The number of aryl methyl sites for hydroxylation is 1. The number of aromatic amines is 1. The molecule has 0 aliphatic carbocycles. The number of halogens is 1. The molecule has 7 heteroatoms. The number of nitrogens with zero attached hydrogens (tertiary/aromatic N) is 2. The van der Waals surface area contributed by atoms with Crippen LogP contribution in [0.5, 0.6) is 0 Å². The van der Waals surface area contributed by atoms with E-state index in [9.17, 15) is 4.79 Å². The Morgan fingerprint density at radius 2 is 2.14 bits per heavy atom. The fourth-order valence-corrected chi connectivity index (χ4v) is 2.54. The first-order chi connectivity index (χ1) is 10.2. The smallest absolute Gasteiger partial charge is 0.225 e. The Morgan fingerprint density at radius 1 is 1.36 bits per heavy atom. The van der Waals surface area contributed by atoms with Crippen LogP contribution in [0.25, 0.3) is 11.4 Å². The first kappa shape index (κ1) is 16.5. The highest BCUT2D eigenvalue weighted by Gasteiger charge is 2.17. The van der Waals surface area contributed by atoms with Gasteiger partial charge in [0.25, 0.3) is 0 Å². The Bertz CT molecular complexity index is 619. The number of nitrogens with one attached hydrogen (secondary N) is 3. The molecule has 118 valence electrons. The summed E-state index contributed by atoms with van der Waals surface area (Å²) in [6, 6.07) is 7.89. The van der Waals surface area contributed by atoms with Crippen molar-refractivity contribution in [3.8, 4) is 11.4 Å². The molecule has 1 aromatic heterocycles. The molecule has 1 aliphatic heterocycles. The molecule has 1 atom stereocenters. The summed E-state index contributed by atoms with van der Waals surface area (Å²) in [5.74, 6) is 1.50. The molecule has 2 aromatic rings. The Balaban J connectivity index is 0.00000176. The lowest BCUT2D eigenvalue weighted by Gasteiger charge is -2.10. The quantitative estimate of drug-likeness (QED) is 0.807. The van der Waals surface area contributed by atoms with Crippen molar-refractivity contribution in [3.63, 3.8) is 0 Å². The minimum absolute atomic E-state index is 0. The van der Waals surface area contributed by atoms with E-state index in [1.165, 1.54) is 0 Å². The van der Waals surface area contributed by atoms with Crippen molar-refractivity contribution in [2.75, 3.05) is 11.9 Å². The summed E-state index contributed by atoms with van der Waals surface area (Å²) in [6.07, 6.45) is 2.77. The predicted octanol–water partition coefficient (Wildman–Crippen LogP) is 2.28. The van der Waals surface area contributed by atoms with Crippen LogP contribution < -0.4 is 10.6 Å².